The Morgan fingerprint density at radius 3 is 2.67 bits per heavy atom. The fourth-order valence-corrected chi connectivity index (χ4v) is 1.64. The van der Waals surface area contributed by atoms with Crippen LogP contribution in [0.3, 0.4) is 0 Å². The van der Waals surface area contributed by atoms with E-state index in [4.69, 9.17) is 16.7 Å². The number of pyridine rings is 1. The number of aromatic carboxylic acids is 1. The van der Waals surface area contributed by atoms with Crippen molar-refractivity contribution >= 4 is 23.3 Å². The summed E-state index contributed by atoms with van der Waals surface area (Å²) in [5, 5.41) is 12.7. The smallest absolute Gasteiger partial charge is 0.339 e. The molecule has 2 aromatic rings. The molecule has 1 aromatic heterocycles. The Labute approximate surface area is 109 Å². The van der Waals surface area contributed by atoms with Gasteiger partial charge >= 0.3 is 5.97 Å². The summed E-state index contributed by atoms with van der Waals surface area (Å²) in [6.45, 7) is 0.529. The molecule has 18 heavy (non-hydrogen) atoms. The molecule has 0 radical (unpaired) electrons. The molecule has 92 valence electrons. The van der Waals surface area contributed by atoms with Crippen LogP contribution in [-0.4, -0.2) is 16.1 Å². The van der Waals surface area contributed by atoms with E-state index in [1.165, 1.54) is 6.20 Å². The number of carbonyl (C=O) groups is 1. The van der Waals surface area contributed by atoms with Crippen molar-refractivity contribution in [2.24, 2.45) is 0 Å². The van der Waals surface area contributed by atoms with E-state index in [1.54, 1.807) is 24.4 Å². The number of benzene rings is 1. The summed E-state index contributed by atoms with van der Waals surface area (Å²) in [7, 11) is 0. The van der Waals surface area contributed by atoms with Crippen molar-refractivity contribution in [2.45, 2.75) is 6.54 Å². The molecule has 2 rings (SSSR count). The van der Waals surface area contributed by atoms with Crippen molar-refractivity contribution in [3.8, 4) is 0 Å². The Morgan fingerprint density at radius 2 is 2.00 bits per heavy atom. The molecular formula is C13H11ClN2O2. The molecule has 4 nitrogen and oxygen atoms in total. The van der Waals surface area contributed by atoms with Gasteiger partial charge in [-0.25, -0.2) is 4.79 Å². The lowest BCUT2D eigenvalue weighted by Crippen LogP contribution is -2.06. The Hall–Kier alpha value is -2.07. The first-order valence-corrected chi connectivity index (χ1v) is 5.70. The maximum atomic E-state index is 11.0. The Kier molecular flexibility index (Phi) is 3.79. The zero-order valence-corrected chi connectivity index (χ0v) is 10.2. The lowest BCUT2D eigenvalue weighted by atomic mass is 10.2. The molecule has 2 N–H and O–H groups in total. The number of carboxylic acids is 1. The van der Waals surface area contributed by atoms with E-state index in [2.05, 4.69) is 10.3 Å². The first kappa shape index (κ1) is 12.4. The van der Waals surface area contributed by atoms with Gasteiger partial charge in [-0.2, -0.15) is 0 Å². The zero-order chi connectivity index (χ0) is 13.0. The normalized spacial score (nSPS) is 10.1. The highest BCUT2D eigenvalue weighted by Crippen LogP contribution is 2.15. The van der Waals surface area contributed by atoms with E-state index in [0.29, 0.717) is 17.3 Å². The van der Waals surface area contributed by atoms with Gasteiger partial charge in [0.25, 0.3) is 0 Å². The molecule has 0 saturated carbocycles. The van der Waals surface area contributed by atoms with Gasteiger partial charge in [0.15, 0.2) is 0 Å². The summed E-state index contributed by atoms with van der Waals surface area (Å²) in [6, 6.07) is 9.00. The second kappa shape index (κ2) is 5.51. The number of carboxylic acid groups (broad SMARTS) is 1. The van der Waals surface area contributed by atoms with Crippen LogP contribution in [0.4, 0.5) is 5.69 Å². The molecule has 0 saturated heterocycles. The van der Waals surface area contributed by atoms with E-state index >= 15 is 0 Å². The molecule has 0 unspecified atom stereocenters. The van der Waals surface area contributed by atoms with Gasteiger partial charge in [0, 0.05) is 24.0 Å². The predicted molar refractivity (Wildman–Crippen MR) is 70.0 cm³/mol. The van der Waals surface area contributed by atoms with Gasteiger partial charge in [-0.15, -0.1) is 0 Å². The van der Waals surface area contributed by atoms with Crippen LogP contribution in [0.15, 0.2) is 42.7 Å². The van der Waals surface area contributed by atoms with Crippen molar-refractivity contribution in [1.29, 1.82) is 0 Å². The summed E-state index contributed by atoms with van der Waals surface area (Å²) in [4.78, 5) is 14.8. The monoisotopic (exact) mass is 262 g/mol. The van der Waals surface area contributed by atoms with Crippen LogP contribution in [0.25, 0.3) is 0 Å². The van der Waals surface area contributed by atoms with Crippen LogP contribution in [0.5, 0.6) is 0 Å². The first-order valence-electron chi connectivity index (χ1n) is 5.32. The van der Waals surface area contributed by atoms with Gasteiger partial charge in [-0.05, 0) is 23.8 Å². The molecular weight excluding hydrogens is 252 g/mol. The fraction of sp³-hybridized carbons (Fsp3) is 0.0769. The lowest BCUT2D eigenvalue weighted by Gasteiger charge is -2.09. The number of aromatic nitrogens is 1. The second-order valence-corrected chi connectivity index (χ2v) is 4.14. The molecule has 1 aromatic carbocycles. The number of anilines is 1. The average molecular weight is 263 g/mol. The van der Waals surface area contributed by atoms with Crippen LogP contribution < -0.4 is 5.32 Å². The Morgan fingerprint density at radius 1 is 1.28 bits per heavy atom. The SMILES string of the molecule is O=C(O)c1cnccc1NCc1ccc(Cl)cc1. The predicted octanol–water partition coefficient (Wildman–Crippen LogP) is 3.05. The number of hydrogen-bond donors (Lipinski definition) is 2. The van der Waals surface area contributed by atoms with Crippen LogP contribution in [0.2, 0.25) is 5.02 Å². The molecule has 1 heterocycles. The van der Waals surface area contributed by atoms with Gasteiger partial charge in [0.05, 0.1) is 5.69 Å². The quantitative estimate of drug-likeness (QED) is 0.889. The van der Waals surface area contributed by atoms with Gasteiger partial charge in [0.1, 0.15) is 5.56 Å². The molecule has 0 spiro atoms. The van der Waals surface area contributed by atoms with Crippen molar-refractivity contribution in [1.82, 2.24) is 4.98 Å². The average Bonchev–Trinajstić information content (AvgIpc) is 2.38. The summed E-state index contributed by atoms with van der Waals surface area (Å²) in [5.74, 6) is -0.998. The van der Waals surface area contributed by atoms with Crippen molar-refractivity contribution < 1.29 is 9.90 Å². The zero-order valence-electron chi connectivity index (χ0n) is 9.43. The van der Waals surface area contributed by atoms with Crippen molar-refractivity contribution in [3.63, 3.8) is 0 Å². The number of halogens is 1. The number of hydrogen-bond acceptors (Lipinski definition) is 3. The highest BCUT2D eigenvalue weighted by atomic mass is 35.5. The minimum Gasteiger partial charge on any atom is -0.478 e. The molecule has 5 heteroatoms. The lowest BCUT2D eigenvalue weighted by molar-refractivity contribution is 0.0697. The highest BCUT2D eigenvalue weighted by Gasteiger charge is 2.08. The van der Waals surface area contributed by atoms with Crippen molar-refractivity contribution in [2.75, 3.05) is 5.32 Å². The third-order valence-corrected chi connectivity index (χ3v) is 2.70. The molecule has 0 bridgehead atoms. The second-order valence-electron chi connectivity index (χ2n) is 3.71. The van der Waals surface area contributed by atoms with Crippen LogP contribution in [0, 0.1) is 0 Å². The molecule has 0 aliphatic rings. The topological polar surface area (TPSA) is 62.2 Å². The van der Waals surface area contributed by atoms with Crippen molar-refractivity contribution in [3.05, 3.63) is 58.9 Å². The van der Waals surface area contributed by atoms with E-state index < -0.39 is 5.97 Å². The summed E-state index contributed by atoms with van der Waals surface area (Å²) in [5.41, 5.74) is 1.73. The minimum absolute atomic E-state index is 0.159. The first-order chi connectivity index (χ1) is 8.66. The highest BCUT2D eigenvalue weighted by molar-refractivity contribution is 6.30. The maximum absolute atomic E-state index is 11.0. The van der Waals surface area contributed by atoms with E-state index in [-0.39, 0.29) is 5.56 Å². The summed E-state index contributed by atoms with van der Waals surface area (Å²) < 4.78 is 0. The van der Waals surface area contributed by atoms with E-state index in [1.807, 2.05) is 12.1 Å². The Bertz CT molecular complexity index is 555. The third-order valence-electron chi connectivity index (χ3n) is 2.45. The summed E-state index contributed by atoms with van der Waals surface area (Å²) >= 11 is 5.79. The van der Waals surface area contributed by atoms with Gasteiger partial charge in [-0.3, -0.25) is 4.98 Å². The van der Waals surface area contributed by atoms with Crippen LogP contribution in [-0.2, 0) is 6.54 Å². The number of nitrogens with zero attached hydrogens (tertiary/aromatic N) is 1. The van der Waals surface area contributed by atoms with Crippen LogP contribution >= 0.6 is 11.6 Å². The third kappa shape index (κ3) is 2.99. The fourth-order valence-electron chi connectivity index (χ4n) is 1.52. The van der Waals surface area contributed by atoms with Crippen LogP contribution in [0.1, 0.15) is 15.9 Å². The largest absolute Gasteiger partial charge is 0.478 e. The van der Waals surface area contributed by atoms with Gasteiger partial charge < -0.3 is 10.4 Å². The van der Waals surface area contributed by atoms with E-state index in [9.17, 15) is 4.79 Å². The number of nitrogens with one attached hydrogen (secondary N) is 1. The summed E-state index contributed by atoms with van der Waals surface area (Å²) in [6.07, 6.45) is 2.88. The molecule has 0 amide bonds. The molecule has 0 fully saturated rings. The van der Waals surface area contributed by atoms with Gasteiger partial charge in [-0.1, -0.05) is 23.7 Å². The maximum Gasteiger partial charge on any atom is 0.339 e. The standard InChI is InChI=1S/C13H11ClN2O2/c14-10-3-1-9(2-4-10)7-16-12-5-6-15-8-11(12)13(17)18/h1-6,8H,7H2,(H,15,16)(H,17,18). The molecule has 0 atom stereocenters. The van der Waals surface area contributed by atoms with E-state index in [0.717, 1.165) is 5.56 Å². The minimum atomic E-state index is -0.998. The molecule has 0 aliphatic heterocycles. The Balaban J connectivity index is 2.10. The number of rotatable bonds is 4. The molecule has 0 aliphatic carbocycles. The van der Waals surface area contributed by atoms with Gasteiger partial charge in [0.2, 0.25) is 0 Å².